The summed E-state index contributed by atoms with van der Waals surface area (Å²) in [5.74, 6) is 0.646. The van der Waals surface area contributed by atoms with E-state index in [1.54, 1.807) is 0 Å². The molecule has 1 saturated heterocycles. The van der Waals surface area contributed by atoms with Gasteiger partial charge in [0.2, 0.25) is 0 Å². The molecule has 3 heteroatoms. The van der Waals surface area contributed by atoms with Crippen LogP contribution in [0, 0.1) is 5.92 Å². The fraction of sp³-hybridized carbons (Fsp3) is 0.833. The standard InChI is InChI=1S/C12H22N2O/c1-9-8-15-10(2)6-14(9)7-11-3-4-12(13)5-11/h3-4,9-12H,5-8,13H2,1-2H3. The van der Waals surface area contributed by atoms with Crippen molar-refractivity contribution in [3.8, 4) is 0 Å². The third-order valence-corrected chi connectivity index (χ3v) is 3.41. The van der Waals surface area contributed by atoms with Crippen molar-refractivity contribution in [2.45, 2.75) is 38.5 Å². The molecule has 0 aromatic rings. The number of rotatable bonds is 2. The summed E-state index contributed by atoms with van der Waals surface area (Å²) in [5, 5.41) is 0. The summed E-state index contributed by atoms with van der Waals surface area (Å²) >= 11 is 0. The van der Waals surface area contributed by atoms with Crippen LogP contribution in [-0.4, -0.2) is 42.8 Å². The van der Waals surface area contributed by atoms with Crippen molar-refractivity contribution < 1.29 is 4.74 Å². The van der Waals surface area contributed by atoms with Crippen LogP contribution in [0.15, 0.2) is 12.2 Å². The summed E-state index contributed by atoms with van der Waals surface area (Å²) in [7, 11) is 0. The van der Waals surface area contributed by atoms with E-state index in [0.29, 0.717) is 18.1 Å². The highest BCUT2D eigenvalue weighted by molar-refractivity contribution is 5.05. The molecule has 0 aromatic heterocycles. The molecule has 86 valence electrons. The Morgan fingerprint density at radius 1 is 1.40 bits per heavy atom. The highest BCUT2D eigenvalue weighted by atomic mass is 16.5. The Kier molecular flexibility index (Phi) is 3.44. The van der Waals surface area contributed by atoms with Crippen LogP contribution in [-0.2, 0) is 4.74 Å². The molecule has 0 radical (unpaired) electrons. The molecule has 0 aromatic carbocycles. The predicted molar refractivity (Wildman–Crippen MR) is 61.7 cm³/mol. The zero-order valence-electron chi connectivity index (χ0n) is 9.73. The van der Waals surface area contributed by atoms with Gasteiger partial charge in [0.05, 0.1) is 12.7 Å². The quantitative estimate of drug-likeness (QED) is 0.691. The Morgan fingerprint density at radius 2 is 2.20 bits per heavy atom. The molecule has 1 fully saturated rings. The molecule has 0 spiro atoms. The number of hydrogen-bond acceptors (Lipinski definition) is 3. The molecule has 4 atom stereocenters. The second-order valence-electron chi connectivity index (χ2n) is 4.99. The minimum absolute atomic E-state index is 0.281. The van der Waals surface area contributed by atoms with Crippen LogP contribution in [0.4, 0.5) is 0 Å². The van der Waals surface area contributed by atoms with Gasteiger partial charge in [-0.3, -0.25) is 4.90 Å². The summed E-state index contributed by atoms with van der Waals surface area (Å²) in [5.41, 5.74) is 5.86. The molecule has 0 bridgehead atoms. The number of morpholine rings is 1. The van der Waals surface area contributed by atoms with Crippen molar-refractivity contribution in [1.29, 1.82) is 0 Å². The zero-order chi connectivity index (χ0) is 10.8. The third kappa shape index (κ3) is 2.80. The Bertz CT molecular complexity index is 242. The summed E-state index contributed by atoms with van der Waals surface area (Å²) in [6.07, 6.45) is 5.90. The first-order valence-electron chi connectivity index (χ1n) is 5.94. The Balaban J connectivity index is 1.85. The molecule has 2 aliphatic rings. The van der Waals surface area contributed by atoms with Crippen LogP contribution in [0.5, 0.6) is 0 Å². The van der Waals surface area contributed by atoms with E-state index in [4.69, 9.17) is 10.5 Å². The van der Waals surface area contributed by atoms with E-state index < -0.39 is 0 Å². The summed E-state index contributed by atoms with van der Waals surface area (Å²) in [4.78, 5) is 2.53. The molecule has 1 aliphatic carbocycles. The first-order valence-corrected chi connectivity index (χ1v) is 5.94. The normalized spacial score (nSPS) is 42.3. The number of nitrogens with two attached hydrogens (primary N) is 1. The lowest BCUT2D eigenvalue weighted by Crippen LogP contribution is -2.48. The maximum atomic E-state index is 5.86. The average Bonchev–Trinajstić information content (AvgIpc) is 2.58. The molecule has 0 amide bonds. The summed E-state index contributed by atoms with van der Waals surface area (Å²) < 4.78 is 5.62. The molecule has 3 nitrogen and oxygen atoms in total. The van der Waals surface area contributed by atoms with Crippen molar-refractivity contribution >= 4 is 0 Å². The lowest BCUT2D eigenvalue weighted by atomic mass is 10.1. The van der Waals surface area contributed by atoms with Crippen molar-refractivity contribution in [3.05, 3.63) is 12.2 Å². The van der Waals surface area contributed by atoms with Gasteiger partial charge in [0.25, 0.3) is 0 Å². The van der Waals surface area contributed by atoms with Crippen LogP contribution in [0.1, 0.15) is 20.3 Å². The van der Waals surface area contributed by atoms with Gasteiger partial charge in [0.1, 0.15) is 0 Å². The van der Waals surface area contributed by atoms with Crippen molar-refractivity contribution in [2.75, 3.05) is 19.7 Å². The van der Waals surface area contributed by atoms with E-state index in [1.807, 2.05) is 0 Å². The molecular formula is C12H22N2O. The van der Waals surface area contributed by atoms with Gasteiger partial charge in [-0.1, -0.05) is 12.2 Å². The SMILES string of the molecule is CC1CN(CC2C=CC(N)C2)C(C)CO1. The molecule has 2 rings (SSSR count). The number of ether oxygens (including phenoxy) is 1. The minimum Gasteiger partial charge on any atom is -0.376 e. The van der Waals surface area contributed by atoms with Gasteiger partial charge in [-0.2, -0.15) is 0 Å². The molecule has 1 aliphatic heterocycles. The van der Waals surface area contributed by atoms with Crippen LogP contribution < -0.4 is 5.73 Å². The fourth-order valence-electron chi connectivity index (χ4n) is 2.47. The van der Waals surface area contributed by atoms with Crippen molar-refractivity contribution in [2.24, 2.45) is 11.7 Å². The highest BCUT2D eigenvalue weighted by Crippen LogP contribution is 2.20. The van der Waals surface area contributed by atoms with Gasteiger partial charge in [0.15, 0.2) is 0 Å². The van der Waals surface area contributed by atoms with Crippen LogP contribution >= 0.6 is 0 Å². The van der Waals surface area contributed by atoms with E-state index in [2.05, 4.69) is 30.9 Å². The Hall–Kier alpha value is -0.380. The van der Waals surface area contributed by atoms with Gasteiger partial charge in [-0.15, -0.1) is 0 Å². The van der Waals surface area contributed by atoms with E-state index in [0.717, 1.165) is 26.1 Å². The van der Waals surface area contributed by atoms with E-state index in [1.165, 1.54) is 0 Å². The summed E-state index contributed by atoms with van der Waals surface area (Å²) in [6, 6.07) is 0.829. The van der Waals surface area contributed by atoms with Crippen molar-refractivity contribution in [1.82, 2.24) is 4.90 Å². The molecular weight excluding hydrogens is 188 g/mol. The first-order chi connectivity index (χ1) is 7.15. The van der Waals surface area contributed by atoms with Gasteiger partial charge in [0, 0.05) is 25.2 Å². The van der Waals surface area contributed by atoms with Gasteiger partial charge in [-0.05, 0) is 26.2 Å². The van der Waals surface area contributed by atoms with Crippen molar-refractivity contribution in [3.63, 3.8) is 0 Å². The lowest BCUT2D eigenvalue weighted by Gasteiger charge is -2.38. The minimum atomic E-state index is 0.281. The van der Waals surface area contributed by atoms with Gasteiger partial charge < -0.3 is 10.5 Å². The second-order valence-corrected chi connectivity index (χ2v) is 4.99. The highest BCUT2D eigenvalue weighted by Gasteiger charge is 2.26. The maximum Gasteiger partial charge on any atom is 0.0674 e. The van der Waals surface area contributed by atoms with E-state index >= 15 is 0 Å². The Morgan fingerprint density at radius 3 is 2.87 bits per heavy atom. The van der Waals surface area contributed by atoms with Crippen LogP contribution in [0.3, 0.4) is 0 Å². The smallest absolute Gasteiger partial charge is 0.0674 e. The van der Waals surface area contributed by atoms with Crippen LogP contribution in [0.25, 0.3) is 0 Å². The predicted octanol–water partition coefficient (Wildman–Crippen LogP) is 0.999. The fourth-order valence-corrected chi connectivity index (χ4v) is 2.47. The molecule has 1 heterocycles. The zero-order valence-corrected chi connectivity index (χ0v) is 9.73. The average molecular weight is 210 g/mol. The largest absolute Gasteiger partial charge is 0.376 e. The lowest BCUT2D eigenvalue weighted by molar-refractivity contribution is -0.0524. The van der Waals surface area contributed by atoms with Crippen LogP contribution in [0.2, 0.25) is 0 Å². The molecule has 0 saturated carbocycles. The Labute approximate surface area is 92.3 Å². The van der Waals surface area contributed by atoms with E-state index in [9.17, 15) is 0 Å². The maximum absolute atomic E-state index is 5.86. The van der Waals surface area contributed by atoms with Gasteiger partial charge >= 0.3 is 0 Å². The molecule has 4 unspecified atom stereocenters. The molecule has 2 N–H and O–H groups in total. The first kappa shape index (κ1) is 11.1. The topological polar surface area (TPSA) is 38.5 Å². The van der Waals surface area contributed by atoms with Gasteiger partial charge in [-0.25, -0.2) is 0 Å². The summed E-state index contributed by atoms with van der Waals surface area (Å²) in [6.45, 7) is 7.45. The second kappa shape index (κ2) is 4.64. The number of hydrogen-bond donors (Lipinski definition) is 1. The molecule has 15 heavy (non-hydrogen) atoms. The monoisotopic (exact) mass is 210 g/mol. The third-order valence-electron chi connectivity index (χ3n) is 3.41. The number of nitrogens with zero attached hydrogens (tertiary/aromatic N) is 1. The van der Waals surface area contributed by atoms with E-state index in [-0.39, 0.29) is 6.04 Å².